The SMILES string of the molecule is C=CC12CN(C)[C@@H]3C4CO[C@H](C[C@@H]41)[C@]1(C(=O)Nc4ccccc41)[C@@H]32. The van der Waals surface area contributed by atoms with E-state index in [1.807, 2.05) is 12.1 Å². The number of hydrogen-bond donors (Lipinski definition) is 1. The number of hydrogen-bond acceptors (Lipinski definition) is 3. The molecule has 4 fully saturated rings. The Kier molecular flexibility index (Phi) is 2.24. The zero-order valence-electron chi connectivity index (χ0n) is 13.9. The smallest absolute Gasteiger partial charge is 0.238 e. The van der Waals surface area contributed by atoms with E-state index >= 15 is 0 Å². The van der Waals surface area contributed by atoms with Crippen molar-refractivity contribution in [1.82, 2.24) is 4.90 Å². The van der Waals surface area contributed by atoms with Gasteiger partial charge in [-0.15, -0.1) is 6.58 Å². The summed E-state index contributed by atoms with van der Waals surface area (Å²) in [6, 6.07) is 8.64. The van der Waals surface area contributed by atoms with E-state index < -0.39 is 5.41 Å². The van der Waals surface area contributed by atoms with Crippen molar-refractivity contribution in [3.8, 4) is 0 Å². The second-order valence-corrected chi connectivity index (χ2v) is 8.40. The van der Waals surface area contributed by atoms with Gasteiger partial charge in [0.15, 0.2) is 0 Å². The average Bonchev–Trinajstić information content (AvgIpc) is 3.08. The Morgan fingerprint density at radius 2 is 2.25 bits per heavy atom. The van der Waals surface area contributed by atoms with Gasteiger partial charge < -0.3 is 15.0 Å². The molecule has 1 spiro atoms. The molecular formula is C20H22N2O2. The Labute approximate surface area is 141 Å². The molecule has 3 aliphatic heterocycles. The van der Waals surface area contributed by atoms with Gasteiger partial charge in [-0.25, -0.2) is 0 Å². The third-order valence-corrected chi connectivity index (χ3v) is 7.93. The van der Waals surface area contributed by atoms with Crippen molar-refractivity contribution in [3.05, 3.63) is 42.5 Å². The molecule has 2 aliphatic carbocycles. The van der Waals surface area contributed by atoms with Gasteiger partial charge in [0.1, 0.15) is 5.41 Å². The second-order valence-electron chi connectivity index (χ2n) is 8.40. The van der Waals surface area contributed by atoms with Crippen molar-refractivity contribution in [2.45, 2.75) is 24.0 Å². The van der Waals surface area contributed by atoms with Gasteiger partial charge >= 0.3 is 0 Å². The number of likely N-dealkylation sites (tertiary alicyclic amines) is 1. The number of carbonyl (C=O) groups excluding carboxylic acids is 1. The van der Waals surface area contributed by atoms with Crippen LogP contribution < -0.4 is 5.32 Å². The number of nitrogens with one attached hydrogen (secondary N) is 1. The molecule has 1 amide bonds. The van der Waals surface area contributed by atoms with Crippen LogP contribution in [0.25, 0.3) is 0 Å². The fraction of sp³-hybridized carbons (Fsp3) is 0.550. The third-order valence-electron chi connectivity index (χ3n) is 7.93. The molecule has 4 heteroatoms. The zero-order chi connectivity index (χ0) is 16.3. The lowest BCUT2D eigenvalue weighted by Gasteiger charge is -2.54. The summed E-state index contributed by atoms with van der Waals surface area (Å²) in [6.07, 6.45) is 3.17. The van der Waals surface area contributed by atoms with Crippen LogP contribution in [0.15, 0.2) is 36.9 Å². The van der Waals surface area contributed by atoms with Gasteiger partial charge in [0.2, 0.25) is 5.91 Å². The summed E-state index contributed by atoms with van der Waals surface area (Å²) < 4.78 is 6.34. The molecule has 7 atom stereocenters. The molecule has 1 N–H and O–H groups in total. The number of nitrogens with zero attached hydrogens (tertiary/aromatic N) is 1. The monoisotopic (exact) mass is 322 g/mol. The number of piperidine rings is 1. The highest BCUT2D eigenvalue weighted by Crippen LogP contribution is 2.73. The predicted octanol–water partition coefficient (Wildman–Crippen LogP) is 2.03. The highest BCUT2D eigenvalue weighted by molar-refractivity contribution is 6.07. The van der Waals surface area contributed by atoms with Crippen LogP contribution in [0.1, 0.15) is 12.0 Å². The molecule has 2 saturated heterocycles. The molecule has 4 nitrogen and oxygen atoms in total. The van der Waals surface area contributed by atoms with Gasteiger partial charge in [0.05, 0.1) is 12.7 Å². The lowest BCUT2D eigenvalue weighted by atomic mass is 9.51. The Hall–Kier alpha value is -1.65. The molecular weight excluding hydrogens is 300 g/mol. The molecule has 1 aromatic rings. The number of amides is 1. The van der Waals surface area contributed by atoms with E-state index in [4.69, 9.17) is 4.74 Å². The van der Waals surface area contributed by atoms with Crippen molar-refractivity contribution < 1.29 is 9.53 Å². The van der Waals surface area contributed by atoms with Crippen LogP contribution in [0, 0.1) is 23.2 Å². The first-order valence-electron chi connectivity index (χ1n) is 9.01. The summed E-state index contributed by atoms with van der Waals surface area (Å²) in [5.74, 6) is 1.56. The summed E-state index contributed by atoms with van der Waals surface area (Å²) in [7, 11) is 2.21. The van der Waals surface area contributed by atoms with Crippen LogP contribution in [-0.2, 0) is 14.9 Å². The normalized spacial score (nSPS) is 50.4. The van der Waals surface area contributed by atoms with Gasteiger partial charge in [-0.1, -0.05) is 24.3 Å². The zero-order valence-corrected chi connectivity index (χ0v) is 13.9. The molecule has 3 heterocycles. The molecule has 2 unspecified atom stereocenters. The number of ether oxygens (including phenoxy) is 1. The van der Waals surface area contributed by atoms with Crippen molar-refractivity contribution in [3.63, 3.8) is 0 Å². The summed E-state index contributed by atoms with van der Waals surface area (Å²) >= 11 is 0. The quantitative estimate of drug-likeness (QED) is 0.805. The standard InChI is InChI=1S/C20H22N2O2/c1-3-19-10-22(2)16-11-9-24-15(8-13(11)19)20(17(16)19)12-6-4-5-7-14(12)21-18(20)23/h3-7,11,13,15-17H,1,8-10H2,2H3,(H,21,23)/t11?,13-,15+,16+,17-,19?,20-/m0/s1. The van der Waals surface area contributed by atoms with E-state index in [1.54, 1.807) is 0 Å². The number of fused-ring (bicyclic) bond motifs is 5. The summed E-state index contributed by atoms with van der Waals surface area (Å²) in [5.41, 5.74) is 1.61. The first kappa shape index (κ1) is 13.6. The van der Waals surface area contributed by atoms with Crippen molar-refractivity contribution in [2.75, 3.05) is 25.5 Å². The maximum absolute atomic E-state index is 13.4. The summed E-state index contributed by atoms with van der Waals surface area (Å²) in [6.45, 7) is 6.06. The van der Waals surface area contributed by atoms with Gasteiger partial charge in [0.25, 0.3) is 0 Å². The summed E-state index contributed by atoms with van der Waals surface area (Å²) in [4.78, 5) is 15.9. The second kappa shape index (κ2) is 3.94. The van der Waals surface area contributed by atoms with Gasteiger partial charge in [-0.3, -0.25) is 4.79 Å². The molecule has 0 aromatic heterocycles. The molecule has 1 aromatic carbocycles. The Balaban J connectivity index is 1.69. The van der Waals surface area contributed by atoms with Gasteiger partial charge in [0, 0.05) is 35.5 Å². The van der Waals surface area contributed by atoms with Gasteiger partial charge in [-0.2, -0.15) is 0 Å². The third kappa shape index (κ3) is 1.12. The van der Waals surface area contributed by atoms with Gasteiger partial charge in [-0.05, 0) is 31.0 Å². The van der Waals surface area contributed by atoms with Crippen LogP contribution in [0.2, 0.25) is 0 Å². The predicted molar refractivity (Wildman–Crippen MR) is 90.6 cm³/mol. The summed E-state index contributed by atoms with van der Waals surface area (Å²) in [5, 5.41) is 3.18. The fourth-order valence-electron chi connectivity index (χ4n) is 7.38. The molecule has 5 bridgehead atoms. The van der Waals surface area contributed by atoms with E-state index in [2.05, 4.69) is 42.1 Å². The minimum atomic E-state index is -0.554. The molecule has 5 aliphatic rings. The highest BCUT2D eigenvalue weighted by atomic mass is 16.5. The lowest BCUT2D eigenvalue weighted by molar-refractivity contribution is -0.153. The molecule has 24 heavy (non-hydrogen) atoms. The van der Waals surface area contributed by atoms with Crippen LogP contribution in [-0.4, -0.2) is 43.2 Å². The van der Waals surface area contributed by atoms with E-state index in [0.29, 0.717) is 17.9 Å². The number of para-hydroxylation sites is 1. The molecule has 0 radical (unpaired) electrons. The first-order chi connectivity index (χ1) is 11.6. The number of rotatable bonds is 1. The van der Waals surface area contributed by atoms with Crippen LogP contribution >= 0.6 is 0 Å². The topological polar surface area (TPSA) is 41.6 Å². The van der Waals surface area contributed by atoms with Crippen LogP contribution in [0.4, 0.5) is 5.69 Å². The molecule has 2 saturated carbocycles. The minimum Gasteiger partial charge on any atom is -0.376 e. The van der Waals surface area contributed by atoms with Crippen LogP contribution in [0.3, 0.4) is 0 Å². The number of benzene rings is 1. The maximum Gasteiger partial charge on any atom is 0.238 e. The number of carbonyl (C=O) groups is 1. The van der Waals surface area contributed by atoms with E-state index in [-0.39, 0.29) is 23.3 Å². The average molecular weight is 322 g/mol. The van der Waals surface area contributed by atoms with E-state index in [9.17, 15) is 4.79 Å². The largest absolute Gasteiger partial charge is 0.376 e. The van der Waals surface area contributed by atoms with Crippen molar-refractivity contribution >= 4 is 11.6 Å². The van der Waals surface area contributed by atoms with Crippen molar-refractivity contribution in [1.29, 1.82) is 0 Å². The van der Waals surface area contributed by atoms with E-state index in [0.717, 1.165) is 30.8 Å². The minimum absolute atomic E-state index is 0.00280. The fourth-order valence-corrected chi connectivity index (χ4v) is 7.38. The first-order valence-corrected chi connectivity index (χ1v) is 9.01. The van der Waals surface area contributed by atoms with E-state index in [1.165, 1.54) is 0 Å². The maximum atomic E-state index is 13.4. The Morgan fingerprint density at radius 1 is 1.42 bits per heavy atom. The molecule has 6 rings (SSSR count). The Bertz CT molecular complexity index is 792. The highest BCUT2D eigenvalue weighted by Gasteiger charge is 2.79. The number of anilines is 1. The molecule has 124 valence electrons. The van der Waals surface area contributed by atoms with Crippen LogP contribution in [0.5, 0.6) is 0 Å². The van der Waals surface area contributed by atoms with Crippen molar-refractivity contribution in [2.24, 2.45) is 23.2 Å². The lowest BCUT2D eigenvalue weighted by Crippen LogP contribution is -2.62. The Morgan fingerprint density at radius 3 is 3.08 bits per heavy atom.